The first kappa shape index (κ1) is 28.4. The molecular weight excluding hydrogens is 469 g/mol. The number of aromatic nitrogens is 1. The van der Waals surface area contributed by atoms with Crippen LogP contribution in [0.5, 0.6) is 0 Å². The van der Waals surface area contributed by atoms with Gasteiger partial charge in [0.25, 0.3) is 0 Å². The molecule has 3 aromatic rings. The maximum absolute atomic E-state index is 13.6. The third-order valence-corrected chi connectivity index (χ3v) is 6.92. The van der Waals surface area contributed by atoms with Crippen molar-refractivity contribution < 1.29 is 18.7 Å². The molecule has 0 saturated carbocycles. The van der Waals surface area contributed by atoms with Gasteiger partial charge in [-0.1, -0.05) is 57.0 Å². The van der Waals surface area contributed by atoms with Crippen LogP contribution in [0.25, 0.3) is 10.9 Å². The summed E-state index contributed by atoms with van der Waals surface area (Å²) in [5.41, 5.74) is 3.03. The molecule has 37 heavy (non-hydrogen) atoms. The third kappa shape index (κ3) is 8.15. The largest absolute Gasteiger partial charge is 0.383 e. The van der Waals surface area contributed by atoms with Crippen LogP contribution in [-0.4, -0.2) is 59.9 Å². The normalized spacial score (nSPS) is 12.0. The van der Waals surface area contributed by atoms with E-state index in [0.29, 0.717) is 32.7 Å². The van der Waals surface area contributed by atoms with Crippen molar-refractivity contribution in [2.75, 3.05) is 33.4 Å². The van der Waals surface area contributed by atoms with Crippen molar-refractivity contribution in [3.05, 3.63) is 71.7 Å². The molecule has 6 nitrogen and oxygen atoms in total. The van der Waals surface area contributed by atoms with Crippen LogP contribution in [0, 0.1) is 11.7 Å². The Morgan fingerprint density at radius 2 is 1.78 bits per heavy atom. The smallest absolute Gasteiger partial charge is 0.242 e. The molecule has 0 aliphatic rings. The van der Waals surface area contributed by atoms with Crippen LogP contribution in [0.15, 0.2) is 54.7 Å². The minimum absolute atomic E-state index is 0.000102. The molecule has 2 aromatic carbocycles. The topological polar surface area (TPSA) is 65.6 Å². The minimum atomic E-state index is -0.311. The van der Waals surface area contributed by atoms with Gasteiger partial charge in [0, 0.05) is 49.8 Å². The number of rotatable bonds is 15. The Hall–Kier alpha value is -3.19. The van der Waals surface area contributed by atoms with E-state index in [1.165, 1.54) is 12.1 Å². The molecule has 3 rings (SSSR count). The lowest BCUT2D eigenvalue weighted by Crippen LogP contribution is -2.46. The number of carbonyl (C=O) groups is 2. The average molecular weight is 510 g/mol. The Morgan fingerprint density at radius 1 is 1.03 bits per heavy atom. The van der Waals surface area contributed by atoms with Gasteiger partial charge in [-0.05, 0) is 48.6 Å². The summed E-state index contributed by atoms with van der Waals surface area (Å²) in [5, 5.41) is 1.13. The predicted octanol–water partition coefficient (Wildman–Crippen LogP) is 5.57. The van der Waals surface area contributed by atoms with E-state index in [2.05, 4.69) is 18.0 Å². The molecule has 0 bridgehead atoms. The van der Waals surface area contributed by atoms with E-state index in [1.807, 2.05) is 31.3 Å². The first-order valence-corrected chi connectivity index (χ1v) is 13.3. The lowest BCUT2D eigenvalue weighted by atomic mass is 9.97. The Morgan fingerprint density at radius 3 is 2.49 bits per heavy atom. The van der Waals surface area contributed by atoms with Gasteiger partial charge >= 0.3 is 0 Å². The quantitative estimate of drug-likeness (QED) is 0.291. The molecule has 1 atom stereocenters. The SMILES string of the molecule is CCCCC(CC)C(=O)N(CCOC)CC(=O)N(CCc1c[nH]c2ccccc12)Cc1ccc(F)cc1. The number of nitrogens with zero attached hydrogens (tertiary/aromatic N) is 2. The van der Waals surface area contributed by atoms with Gasteiger partial charge < -0.3 is 19.5 Å². The number of fused-ring (bicyclic) bond motifs is 1. The lowest BCUT2D eigenvalue weighted by molar-refractivity contribution is -0.144. The number of unbranched alkanes of at least 4 members (excludes halogenated alkanes) is 1. The van der Waals surface area contributed by atoms with Gasteiger partial charge in [0.15, 0.2) is 0 Å². The molecule has 1 N–H and O–H groups in total. The molecule has 1 heterocycles. The Bertz CT molecular complexity index is 1130. The highest BCUT2D eigenvalue weighted by Crippen LogP contribution is 2.20. The summed E-state index contributed by atoms with van der Waals surface area (Å²) in [7, 11) is 1.60. The van der Waals surface area contributed by atoms with Gasteiger partial charge in [0.1, 0.15) is 5.82 Å². The maximum atomic E-state index is 13.6. The summed E-state index contributed by atoms with van der Waals surface area (Å²) in [6, 6.07) is 14.3. The van der Waals surface area contributed by atoms with E-state index >= 15 is 0 Å². The first-order chi connectivity index (χ1) is 18.0. The van der Waals surface area contributed by atoms with Gasteiger partial charge in [-0.3, -0.25) is 9.59 Å². The van der Waals surface area contributed by atoms with E-state index in [9.17, 15) is 14.0 Å². The van der Waals surface area contributed by atoms with Crippen molar-refractivity contribution in [2.24, 2.45) is 5.92 Å². The maximum Gasteiger partial charge on any atom is 0.242 e. The second kappa shape index (κ2) is 14.5. The number of halogens is 1. The number of hydrogen-bond donors (Lipinski definition) is 1. The fourth-order valence-corrected chi connectivity index (χ4v) is 4.64. The molecule has 0 radical (unpaired) electrons. The Balaban J connectivity index is 1.78. The summed E-state index contributed by atoms with van der Waals surface area (Å²) in [5.74, 6) is -0.519. The van der Waals surface area contributed by atoms with Gasteiger partial charge in [0.05, 0.1) is 13.2 Å². The van der Waals surface area contributed by atoms with Crippen LogP contribution >= 0.6 is 0 Å². The highest BCUT2D eigenvalue weighted by molar-refractivity contribution is 5.86. The summed E-state index contributed by atoms with van der Waals surface area (Å²) in [4.78, 5) is 33.8. The van der Waals surface area contributed by atoms with Crippen molar-refractivity contribution >= 4 is 22.7 Å². The van der Waals surface area contributed by atoms with Gasteiger partial charge in [-0.2, -0.15) is 0 Å². The van der Waals surface area contributed by atoms with Gasteiger partial charge in [-0.25, -0.2) is 4.39 Å². The van der Waals surface area contributed by atoms with Crippen molar-refractivity contribution in [2.45, 2.75) is 52.5 Å². The predicted molar refractivity (Wildman–Crippen MR) is 146 cm³/mol. The molecule has 1 unspecified atom stereocenters. The number of nitrogens with one attached hydrogen (secondary N) is 1. The molecule has 200 valence electrons. The highest BCUT2D eigenvalue weighted by atomic mass is 19.1. The molecule has 0 saturated heterocycles. The molecular formula is C30H40FN3O3. The minimum Gasteiger partial charge on any atom is -0.383 e. The number of amides is 2. The molecule has 1 aromatic heterocycles. The van der Waals surface area contributed by atoms with E-state index < -0.39 is 0 Å². The van der Waals surface area contributed by atoms with Crippen LogP contribution in [0.1, 0.15) is 50.7 Å². The highest BCUT2D eigenvalue weighted by Gasteiger charge is 2.26. The van der Waals surface area contributed by atoms with Crippen LogP contribution in [-0.2, 0) is 27.3 Å². The van der Waals surface area contributed by atoms with Crippen LogP contribution < -0.4 is 0 Å². The molecule has 2 amide bonds. The summed E-state index contributed by atoms with van der Waals surface area (Å²) in [6.45, 7) is 5.71. The Kier molecular flexibility index (Phi) is 11.1. The summed E-state index contributed by atoms with van der Waals surface area (Å²) < 4.78 is 18.7. The molecule has 0 fully saturated rings. The van der Waals surface area contributed by atoms with E-state index in [1.54, 1.807) is 29.0 Å². The van der Waals surface area contributed by atoms with Gasteiger partial charge in [-0.15, -0.1) is 0 Å². The van der Waals surface area contributed by atoms with Crippen molar-refractivity contribution in [3.63, 3.8) is 0 Å². The standard InChI is InChI=1S/C30H40FN3O3/c1-4-6-9-24(5-2)30(36)34(18-19-37-3)22-29(35)33(21-23-12-14-26(31)15-13-23)17-16-25-20-32-28-11-8-7-10-27(25)28/h7-8,10-15,20,24,32H,4-6,9,16-19,21-22H2,1-3H3. The van der Waals surface area contributed by atoms with Gasteiger partial charge in [0.2, 0.25) is 11.8 Å². The van der Waals surface area contributed by atoms with Crippen LogP contribution in [0.2, 0.25) is 0 Å². The second-order valence-electron chi connectivity index (χ2n) is 9.55. The Labute approximate surface area is 219 Å². The van der Waals surface area contributed by atoms with Crippen LogP contribution in [0.3, 0.4) is 0 Å². The van der Waals surface area contributed by atoms with E-state index in [4.69, 9.17) is 4.74 Å². The number of hydrogen-bond acceptors (Lipinski definition) is 3. The fourth-order valence-electron chi connectivity index (χ4n) is 4.64. The molecule has 7 heteroatoms. The lowest BCUT2D eigenvalue weighted by Gasteiger charge is -2.30. The molecule has 0 spiro atoms. The number of methoxy groups -OCH3 is 1. The monoisotopic (exact) mass is 509 g/mol. The molecule has 0 aliphatic carbocycles. The summed E-state index contributed by atoms with van der Waals surface area (Å²) >= 11 is 0. The number of para-hydroxylation sites is 1. The number of ether oxygens (including phenoxy) is 1. The second-order valence-corrected chi connectivity index (χ2v) is 9.55. The first-order valence-electron chi connectivity index (χ1n) is 13.3. The molecule has 0 aliphatic heterocycles. The zero-order valence-corrected chi connectivity index (χ0v) is 22.3. The number of carbonyl (C=O) groups excluding carboxylic acids is 2. The zero-order chi connectivity index (χ0) is 26.6. The van der Waals surface area contributed by atoms with Crippen molar-refractivity contribution in [1.29, 1.82) is 0 Å². The average Bonchev–Trinajstić information content (AvgIpc) is 3.33. The van der Waals surface area contributed by atoms with Crippen molar-refractivity contribution in [3.8, 4) is 0 Å². The third-order valence-electron chi connectivity index (χ3n) is 6.92. The zero-order valence-electron chi connectivity index (χ0n) is 22.3. The number of benzene rings is 2. The number of H-pyrrole nitrogens is 1. The fraction of sp³-hybridized carbons (Fsp3) is 0.467. The van der Waals surface area contributed by atoms with Crippen molar-refractivity contribution in [1.82, 2.24) is 14.8 Å². The van der Waals surface area contributed by atoms with E-state index in [-0.39, 0.29) is 30.1 Å². The van der Waals surface area contributed by atoms with E-state index in [0.717, 1.165) is 47.7 Å². The number of aromatic amines is 1. The summed E-state index contributed by atoms with van der Waals surface area (Å²) in [6.07, 6.45) is 6.23. The van der Waals surface area contributed by atoms with Crippen LogP contribution in [0.4, 0.5) is 4.39 Å².